The van der Waals surface area contributed by atoms with Gasteiger partial charge in [-0.05, 0) is 95.1 Å². The van der Waals surface area contributed by atoms with Gasteiger partial charge >= 0.3 is 0 Å². The molecule has 0 fully saturated rings. The van der Waals surface area contributed by atoms with Crippen molar-refractivity contribution in [2.24, 2.45) is 0 Å². The van der Waals surface area contributed by atoms with Crippen molar-refractivity contribution in [1.82, 2.24) is 9.97 Å². The van der Waals surface area contributed by atoms with E-state index in [9.17, 15) is 0 Å². The van der Waals surface area contributed by atoms with Crippen LogP contribution in [0.15, 0.2) is 174 Å². The van der Waals surface area contributed by atoms with Crippen molar-refractivity contribution in [2.75, 3.05) is 4.90 Å². The van der Waals surface area contributed by atoms with Gasteiger partial charge in [-0.15, -0.1) is 22.7 Å². The van der Waals surface area contributed by atoms with Crippen molar-refractivity contribution in [2.45, 2.75) is 9.79 Å². The monoisotopic (exact) mass is 693 g/mol. The second-order valence-corrected chi connectivity index (χ2v) is 15.4. The summed E-state index contributed by atoms with van der Waals surface area (Å²) < 4.78 is 2.41. The molecule has 0 radical (unpaired) electrons. The lowest BCUT2D eigenvalue weighted by atomic mass is 10.00. The molecule has 50 heavy (non-hydrogen) atoms. The predicted molar refractivity (Wildman–Crippen MR) is 213 cm³/mol. The summed E-state index contributed by atoms with van der Waals surface area (Å²) >= 11 is 5.31. The summed E-state index contributed by atoms with van der Waals surface area (Å²) in [7, 11) is 0. The van der Waals surface area contributed by atoms with Crippen LogP contribution in [0.5, 0.6) is 0 Å². The number of para-hydroxylation sites is 2. The van der Waals surface area contributed by atoms with Crippen LogP contribution in [-0.2, 0) is 0 Å². The van der Waals surface area contributed by atoms with Gasteiger partial charge in [-0.2, -0.15) is 0 Å². The van der Waals surface area contributed by atoms with E-state index in [1.807, 2.05) is 11.8 Å². The number of hydrogen-bond acceptors (Lipinski definition) is 6. The SMILES string of the molecule is c1ccc(-c2ccc(-c3ccc(N4c5ccc(-c6nc7ccccc7s6)cc5Sc5cc(-c6nc7ccccc7s6)ccc54)cc3)cc2)cc1. The van der Waals surface area contributed by atoms with Crippen molar-refractivity contribution in [3.8, 4) is 43.4 Å². The number of benzene rings is 7. The smallest absolute Gasteiger partial charge is 0.124 e. The molecular formula is C44H27N3S3. The van der Waals surface area contributed by atoms with Crippen molar-refractivity contribution in [3.05, 3.63) is 164 Å². The highest BCUT2D eigenvalue weighted by molar-refractivity contribution is 7.99. The fraction of sp³-hybridized carbons (Fsp3) is 0. The quantitative estimate of drug-likeness (QED) is 0.179. The molecule has 2 aromatic heterocycles. The second kappa shape index (κ2) is 12.1. The van der Waals surface area contributed by atoms with Gasteiger partial charge < -0.3 is 4.90 Å². The largest absolute Gasteiger partial charge is 0.308 e. The Morgan fingerprint density at radius 2 is 0.800 bits per heavy atom. The van der Waals surface area contributed by atoms with Crippen molar-refractivity contribution in [3.63, 3.8) is 0 Å². The predicted octanol–water partition coefficient (Wildman–Crippen LogP) is 13.5. The van der Waals surface area contributed by atoms with Crippen LogP contribution >= 0.6 is 34.4 Å². The maximum Gasteiger partial charge on any atom is 0.124 e. The van der Waals surface area contributed by atoms with Gasteiger partial charge in [0.15, 0.2) is 0 Å². The molecule has 1 aliphatic heterocycles. The molecule has 10 rings (SSSR count). The minimum Gasteiger partial charge on any atom is -0.308 e. The molecule has 0 saturated carbocycles. The van der Waals surface area contributed by atoms with E-state index in [1.165, 1.54) is 52.8 Å². The maximum absolute atomic E-state index is 4.98. The molecule has 0 unspecified atom stereocenters. The zero-order valence-electron chi connectivity index (χ0n) is 26.7. The standard InChI is InChI=1S/C44H27N3S3/c1-2-8-28(9-3-1)29-14-16-30(17-15-29)31-18-22-34(23-19-31)47-37-24-20-32(43-45-35-10-4-6-12-39(35)49-43)26-41(37)48-42-27-33(21-25-38(42)47)44-46-36-11-5-7-13-40(36)50-44/h1-27H. The van der Waals surface area contributed by atoms with Crippen LogP contribution in [0.2, 0.25) is 0 Å². The fourth-order valence-corrected chi connectivity index (χ4v) is 9.69. The third-order valence-corrected chi connectivity index (χ3v) is 12.4. The van der Waals surface area contributed by atoms with Gasteiger partial charge in [0.1, 0.15) is 10.0 Å². The summed E-state index contributed by atoms with van der Waals surface area (Å²) in [6, 6.07) is 58.6. The van der Waals surface area contributed by atoms with E-state index >= 15 is 0 Å². The molecule has 0 aliphatic carbocycles. The van der Waals surface area contributed by atoms with E-state index < -0.39 is 0 Å². The van der Waals surface area contributed by atoms with Crippen LogP contribution in [0.1, 0.15) is 0 Å². The molecule has 9 aromatic rings. The Hall–Kier alpha value is -5.53. The molecule has 236 valence electrons. The number of nitrogens with zero attached hydrogens (tertiary/aromatic N) is 3. The van der Waals surface area contributed by atoms with Gasteiger partial charge in [0.25, 0.3) is 0 Å². The first-order chi connectivity index (χ1) is 24.7. The van der Waals surface area contributed by atoms with Crippen LogP contribution in [0.4, 0.5) is 17.1 Å². The summed E-state index contributed by atoms with van der Waals surface area (Å²) in [4.78, 5) is 14.8. The third-order valence-electron chi connectivity index (χ3n) is 9.15. The molecule has 7 aromatic carbocycles. The van der Waals surface area contributed by atoms with E-state index in [4.69, 9.17) is 9.97 Å². The van der Waals surface area contributed by atoms with Gasteiger partial charge in [-0.3, -0.25) is 0 Å². The lowest BCUT2D eigenvalue weighted by Crippen LogP contribution is -2.15. The Bertz CT molecular complexity index is 2490. The Morgan fingerprint density at radius 1 is 0.380 bits per heavy atom. The number of hydrogen-bond donors (Lipinski definition) is 0. The first-order valence-electron chi connectivity index (χ1n) is 16.5. The molecule has 0 N–H and O–H groups in total. The normalized spacial score (nSPS) is 12.3. The van der Waals surface area contributed by atoms with Gasteiger partial charge in [0.2, 0.25) is 0 Å². The van der Waals surface area contributed by atoms with Crippen LogP contribution in [-0.4, -0.2) is 9.97 Å². The molecule has 3 nitrogen and oxygen atoms in total. The highest BCUT2D eigenvalue weighted by Crippen LogP contribution is 2.53. The molecular weight excluding hydrogens is 667 g/mol. The summed E-state index contributed by atoms with van der Waals surface area (Å²) in [5, 5.41) is 2.08. The molecule has 1 aliphatic rings. The summed E-state index contributed by atoms with van der Waals surface area (Å²) in [6.07, 6.45) is 0. The zero-order chi connectivity index (χ0) is 33.0. The van der Waals surface area contributed by atoms with Gasteiger partial charge in [-0.1, -0.05) is 103 Å². The number of thiazole rings is 2. The number of anilines is 3. The highest BCUT2D eigenvalue weighted by Gasteiger charge is 2.27. The average Bonchev–Trinajstić information content (AvgIpc) is 3.82. The van der Waals surface area contributed by atoms with Gasteiger partial charge in [-0.25, -0.2) is 9.97 Å². The molecule has 3 heterocycles. The highest BCUT2D eigenvalue weighted by atomic mass is 32.2. The van der Waals surface area contributed by atoms with E-state index in [1.54, 1.807) is 22.7 Å². The first kappa shape index (κ1) is 29.4. The minimum absolute atomic E-state index is 1.04. The second-order valence-electron chi connectivity index (χ2n) is 12.3. The van der Waals surface area contributed by atoms with Gasteiger partial charge in [0.05, 0.1) is 31.8 Å². The van der Waals surface area contributed by atoms with Crippen molar-refractivity contribution < 1.29 is 0 Å². The van der Waals surface area contributed by atoms with Crippen molar-refractivity contribution in [1.29, 1.82) is 0 Å². The van der Waals surface area contributed by atoms with E-state index in [0.29, 0.717) is 0 Å². The molecule has 0 saturated heterocycles. The molecule has 0 bridgehead atoms. The topological polar surface area (TPSA) is 29.0 Å². The molecule has 0 spiro atoms. The molecule has 0 atom stereocenters. The minimum atomic E-state index is 1.04. The van der Waals surface area contributed by atoms with Crippen LogP contribution in [0.25, 0.3) is 63.8 Å². The summed E-state index contributed by atoms with van der Waals surface area (Å²) in [5.41, 5.74) is 12.7. The summed E-state index contributed by atoms with van der Waals surface area (Å²) in [6.45, 7) is 0. The zero-order valence-corrected chi connectivity index (χ0v) is 29.1. The van der Waals surface area contributed by atoms with Crippen LogP contribution in [0, 0.1) is 0 Å². The lowest BCUT2D eigenvalue weighted by Gasteiger charge is -2.33. The van der Waals surface area contributed by atoms with Gasteiger partial charge in [0, 0.05) is 26.6 Å². The third kappa shape index (κ3) is 5.20. The average molecular weight is 694 g/mol. The Balaban J connectivity index is 1.05. The maximum atomic E-state index is 4.98. The van der Waals surface area contributed by atoms with E-state index in [2.05, 4.69) is 169 Å². The van der Waals surface area contributed by atoms with Crippen LogP contribution in [0.3, 0.4) is 0 Å². The van der Waals surface area contributed by atoms with Crippen molar-refractivity contribution >= 4 is 71.9 Å². The number of aromatic nitrogens is 2. The molecule has 0 amide bonds. The lowest BCUT2D eigenvalue weighted by molar-refractivity contribution is 1.17. The number of fused-ring (bicyclic) bond motifs is 4. The molecule has 6 heteroatoms. The van der Waals surface area contributed by atoms with E-state index in [0.717, 1.165) is 37.9 Å². The Kier molecular flexibility index (Phi) is 7.12. The fourth-order valence-electron chi connectivity index (χ4n) is 6.63. The van der Waals surface area contributed by atoms with E-state index in [-0.39, 0.29) is 0 Å². The Morgan fingerprint density at radius 3 is 1.30 bits per heavy atom. The Labute approximate surface area is 302 Å². The van der Waals surface area contributed by atoms with Crippen LogP contribution < -0.4 is 4.90 Å². The number of rotatable bonds is 5. The summed E-state index contributed by atoms with van der Waals surface area (Å²) in [5.74, 6) is 0. The first-order valence-corrected chi connectivity index (χ1v) is 18.9.